The van der Waals surface area contributed by atoms with Gasteiger partial charge in [-0.2, -0.15) is 10.2 Å². The molecule has 0 fully saturated rings. The van der Waals surface area contributed by atoms with Crippen molar-refractivity contribution in [3.05, 3.63) is 78.0 Å². The van der Waals surface area contributed by atoms with Crippen LogP contribution in [0.5, 0.6) is 0 Å². The number of aromatic nitrogens is 2. The maximum absolute atomic E-state index is 12.3. The van der Waals surface area contributed by atoms with E-state index in [1.807, 2.05) is 65.6 Å². The molecule has 1 N–H and O–H groups in total. The normalized spacial score (nSPS) is 14.8. The smallest absolute Gasteiger partial charge is 0.250 e. The van der Waals surface area contributed by atoms with Gasteiger partial charge in [0.2, 0.25) is 0 Å². The van der Waals surface area contributed by atoms with E-state index >= 15 is 0 Å². The molecule has 5 rings (SSSR count). The number of hydrogen-bond acceptors (Lipinski definition) is 7. The third-order valence-electron chi connectivity index (χ3n) is 4.79. The minimum absolute atomic E-state index is 0.195. The largest absolute Gasteiger partial charge is 0.303 e. The molecule has 2 aliphatic heterocycles. The first-order valence-corrected chi connectivity index (χ1v) is 10.8. The number of benzene rings is 2. The summed E-state index contributed by atoms with van der Waals surface area (Å²) in [6.07, 6.45) is 3.42. The van der Waals surface area contributed by atoms with Crippen LogP contribution in [0.1, 0.15) is 11.1 Å². The Morgan fingerprint density at radius 3 is 2.71 bits per heavy atom. The number of thioether (sulfide) groups is 1. The highest BCUT2D eigenvalue weighted by molar-refractivity contribution is 8.14. The summed E-state index contributed by atoms with van der Waals surface area (Å²) in [7, 11) is 0. The number of amides is 1. The molecule has 0 aliphatic carbocycles. The van der Waals surface area contributed by atoms with Crippen LogP contribution in [0.25, 0.3) is 5.69 Å². The van der Waals surface area contributed by atoms with Crippen molar-refractivity contribution in [3.63, 3.8) is 0 Å². The van der Waals surface area contributed by atoms with Gasteiger partial charge in [-0.05, 0) is 17.7 Å². The van der Waals surface area contributed by atoms with Crippen LogP contribution < -0.4 is 5.43 Å². The fraction of sp³-hybridized carbons (Fsp3) is 0.136. The van der Waals surface area contributed by atoms with Crippen LogP contribution in [0.4, 0.5) is 5.82 Å². The molecule has 0 unspecified atom stereocenters. The molecule has 0 saturated carbocycles. The number of nitrogens with one attached hydrogen (secondary N) is 1. The Kier molecular flexibility index (Phi) is 5.32. The number of hydrazone groups is 1. The number of carbonyl (C=O) groups is 1. The summed E-state index contributed by atoms with van der Waals surface area (Å²) >= 11 is 1.37. The van der Waals surface area contributed by atoms with E-state index in [2.05, 4.69) is 20.6 Å². The SMILES string of the molecule is O=C(CSC1=Nc2c(cnn2-c2ccccc2)C2=NCCN12)N/N=C/c1ccccc1. The van der Waals surface area contributed by atoms with Gasteiger partial charge in [-0.15, -0.1) is 0 Å². The fourth-order valence-electron chi connectivity index (χ4n) is 3.37. The number of rotatable bonds is 5. The van der Waals surface area contributed by atoms with E-state index in [0.717, 1.165) is 40.2 Å². The van der Waals surface area contributed by atoms with Crippen LogP contribution in [0.3, 0.4) is 0 Å². The molecular formula is C22H19N7OS. The molecule has 0 radical (unpaired) electrons. The first kappa shape index (κ1) is 19.3. The third kappa shape index (κ3) is 3.99. The zero-order valence-corrected chi connectivity index (χ0v) is 17.4. The van der Waals surface area contributed by atoms with Gasteiger partial charge in [0, 0.05) is 6.54 Å². The van der Waals surface area contributed by atoms with Crippen molar-refractivity contribution in [1.82, 2.24) is 20.1 Å². The standard InChI is InChI=1S/C22H19N7OS/c30-19(27-24-13-16-7-3-1-4-8-16)15-31-22-26-21-18(20-23-11-12-28(20)22)14-25-29(21)17-9-5-2-6-10-17/h1-10,13-14H,11-12,15H2,(H,27,30)/b24-13+. The summed E-state index contributed by atoms with van der Waals surface area (Å²) in [6.45, 7) is 1.43. The van der Waals surface area contributed by atoms with Crippen LogP contribution in [0.2, 0.25) is 0 Å². The maximum atomic E-state index is 12.3. The van der Waals surface area contributed by atoms with Gasteiger partial charge < -0.3 is 4.90 Å². The lowest BCUT2D eigenvalue weighted by Crippen LogP contribution is -2.36. The van der Waals surface area contributed by atoms with Crippen molar-refractivity contribution in [1.29, 1.82) is 0 Å². The predicted octanol–water partition coefficient (Wildman–Crippen LogP) is 2.82. The average Bonchev–Trinajstić information content (AvgIpc) is 3.46. The van der Waals surface area contributed by atoms with Gasteiger partial charge in [-0.3, -0.25) is 9.79 Å². The zero-order valence-electron chi connectivity index (χ0n) is 16.5. The maximum Gasteiger partial charge on any atom is 0.250 e. The summed E-state index contributed by atoms with van der Waals surface area (Å²) in [5.74, 6) is 1.59. The van der Waals surface area contributed by atoms with E-state index < -0.39 is 0 Å². The minimum atomic E-state index is -0.195. The van der Waals surface area contributed by atoms with Crippen molar-refractivity contribution in [2.75, 3.05) is 18.8 Å². The summed E-state index contributed by atoms with van der Waals surface area (Å²) in [5, 5.41) is 9.29. The lowest BCUT2D eigenvalue weighted by Gasteiger charge is -2.25. The molecule has 154 valence electrons. The second-order valence-electron chi connectivity index (χ2n) is 6.87. The molecule has 3 heterocycles. The average molecular weight is 430 g/mol. The van der Waals surface area contributed by atoms with Crippen molar-refractivity contribution in [2.24, 2.45) is 15.1 Å². The zero-order chi connectivity index (χ0) is 21.0. The second kappa shape index (κ2) is 8.57. The van der Waals surface area contributed by atoms with Crippen molar-refractivity contribution in [3.8, 4) is 5.69 Å². The molecule has 8 nitrogen and oxygen atoms in total. The molecule has 31 heavy (non-hydrogen) atoms. The first-order chi connectivity index (χ1) is 15.3. The third-order valence-corrected chi connectivity index (χ3v) is 5.77. The Bertz CT molecular complexity index is 1190. The van der Waals surface area contributed by atoms with Crippen molar-refractivity contribution >= 4 is 40.7 Å². The monoisotopic (exact) mass is 429 g/mol. The summed E-state index contributed by atoms with van der Waals surface area (Å²) in [4.78, 5) is 23.8. The Labute approximate surface area is 183 Å². The first-order valence-electron chi connectivity index (χ1n) is 9.84. The van der Waals surface area contributed by atoms with Gasteiger partial charge in [0.25, 0.3) is 5.91 Å². The van der Waals surface area contributed by atoms with E-state index in [0.29, 0.717) is 6.54 Å². The second-order valence-corrected chi connectivity index (χ2v) is 7.82. The van der Waals surface area contributed by atoms with Crippen LogP contribution >= 0.6 is 11.8 Å². The highest BCUT2D eigenvalue weighted by atomic mass is 32.2. The highest BCUT2D eigenvalue weighted by Gasteiger charge is 2.32. The Morgan fingerprint density at radius 2 is 1.90 bits per heavy atom. The van der Waals surface area contributed by atoms with Crippen LogP contribution in [0.15, 0.2) is 81.9 Å². The van der Waals surface area contributed by atoms with Gasteiger partial charge >= 0.3 is 0 Å². The van der Waals surface area contributed by atoms with Crippen LogP contribution in [-0.2, 0) is 4.79 Å². The summed E-state index contributed by atoms with van der Waals surface area (Å²) < 4.78 is 1.80. The fourth-order valence-corrected chi connectivity index (χ4v) is 4.18. The van der Waals surface area contributed by atoms with E-state index in [-0.39, 0.29) is 11.7 Å². The van der Waals surface area contributed by atoms with Gasteiger partial charge in [-0.1, -0.05) is 60.3 Å². The van der Waals surface area contributed by atoms with Gasteiger partial charge in [0.15, 0.2) is 11.0 Å². The van der Waals surface area contributed by atoms with Crippen molar-refractivity contribution in [2.45, 2.75) is 0 Å². The van der Waals surface area contributed by atoms with Crippen LogP contribution in [0, 0.1) is 0 Å². The summed E-state index contributed by atoms with van der Waals surface area (Å²) in [6, 6.07) is 19.5. The lowest BCUT2D eigenvalue weighted by molar-refractivity contribution is -0.118. The number of carbonyl (C=O) groups excluding carboxylic acids is 1. The van der Waals surface area contributed by atoms with E-state index in [1.165, 1.54) is 11.8 Å². The van der Waals surface area contributed by atoms with Gasteiger partial charge in [0.1, 0.15) is 5.84 Å². The molecule has 0 bridgehead atoms. The van der Waals surface area contributed by atoms with Crippen molar-refractivity contribution < 1.29 is 4.79 Å². The topological polar surface area (TPSA) is 87.2 Å². The minimum Gasteiger partial charge on any atom is -0.303 e. The molecule has 0 spiro atoms. The van der Waals surface area contributed by atoms with E-state index in [1.54, 1.807) is 17.1 Å². The quantitative estimate of drug-likeness (QED) is 0.499. The number of fused-ring (bicyclic) bond motifs is 3. The molecule has 1 amide bonds. The van der Waals surface area contributed by atoms with E-state index in [9.17, 15) is 4.79 Å². The molecule has 3 aromatic rings. The van der Waals surface area contributed by atoms with Crippen LogP contribution in [-0.4, -0.2) is 56.6 Å². The molecular weight excluding hydrogens is 410 g/mol. The lowest BCUT2D eigenvalue weighted by atomic mass is 10.2. The molecule has 2 aromatic carbocycles. The Hall–Kier alpha value is -3.72. The van der Waals surface area contributed by atoms with Gasteiger partial charge in [0.05, 0.1) is 36.0 Å². The number of para-hydroxylation sites is 1. The number of aliphatic imine (C=N–C) groups is 2. The number of hydrogen-bond donors (Lipinski definition) is 1. The Balaban J connectivity index is 1.32. The summed E-state index contributed by atoms with van der Waals surface area (Å²) in [5.41, 5.74) is 5.33. The highest BCUT2D eigenvalue weighted by Crippen LogP contribution is 2.33. The van der Waals surface area contributed by atoms with E-state index in [4.69, 9.17) is 4.99 Å². The molecule has 2 aliphatic rings. The molecule has 0 atom stereocenters. The Morgan fingerprint density at radius 1 is 1.13 bits per heavy atom. The molecule has 9 heteroatoms. The van der Waals surface area contributed by atoms with Gasteiger partial charge in [-0.25, -0.2) is 15.1 Å². The number of nitrogens with zero attached hydrogens (tertiary/aromatic N) is 6. The predicted molar refractivity (Wildman–Crippen MR) is 123 cm³/mol. The molecule has 0 saturated heterocycles. The molecule has 1 aromatic heterocycles. The number of amidine groups is 2.